The standard InChI is InChI=1S/C8H8O5S.2Na/c9-8(10)7(14(11,12)13)6-4-2-1-3-5-6;;/h1-5,7H,(H,9,10)(H,11,12,13);;/q;2*+1/p-2/t7-;;/m0../s1. The van der Waals surface area contributed by atoms with Crippen LogP contribution < -0.4 is 64.2 Å². The molecule has 0 aliphatic heterocycles. The van der Waals surface area contributed by atoms with Crippen LogP contribution in [0.15, 0.2) is 30.3 Å². The first kappa shape index (κ1) is 19.0. The summed E-state index contributed by atoms with van der Waals surface area (Å²) < 4.78 is 31.8. The van der Waals surface area contributed by atoms with E-state index in [1.54, 1.807) is 6.07 Å². The second-order valence-electron chi connectivity index (χ2n) is 2.60. The van der Waals surface area contributed by atoms with Gasteiger partial charge in [0, 0.05) is 0 Å². The molecule has 0 spiro atoms. The number of carbonyl (C=O) groups excluding carboxylic acids is 1. The van der Waals surface area contributed by atoms with Crippen molar-refractivity contribution in [3.8, 4) is 0 Å². The van der Waals surface area contributed by atoms with Crippen molar-refractivity contribution in [2.45, 2.75) is 5.25 Å². The molecule has 5 nitrogen and oxygen atoms in total. The molecule has 0 heterocycles. The molecule has 0 aliphatic rings. The molecule has 0 unspecified atom stereocenters. The van der Waals surface area contributed by atoms with E-state index in [1.807, 2.05) is 0 Å². The van der Waals surface area contributed by atoms with E-state index < -0.39 is 21.3 Å². The molecule has 1 aromatic rings. The number of hydrogen-bond donors (Lipinski definition) is 0. The maximum absolute atomic E-state index is 10.6. The van der Waals surface area contributed by atoms with Crippen LogP contribution in [0.3, 0.4) is 0 Å². The zero-order chi connectivity index (χ0) is 10.8. The SMILES string of the molecule is O=C([O-])[C@H](c1ccccc1)S(=O)(=O)[O-].[Na+].[Na+]. The van der Waals surface area contributed by atoms with Gasteiger partial charge in [-0.25, -0.2) is 8.42 Å². The van der Waals surface area contributed by atoms with Gasteiger partial charge < -0.3 is 14.5 Å². The Balaban J connectivity index is 0. The van der Waals surface area contributed by atoms with Crippen molar-refractivity contribution in [1.82, 2.24) is 0 Å². The van der Waals surface area contributed by atoms with Crippen LogP contribution in [-0.2, 0) is 14.9 Å². The summed E-state index contributed by atoms with van der Waals surface area (Å²) in [7, 11) is -4.93. The van der Waals surface area contributed by atoms with Crippen molar-refractivity contribution < 1.29 is 82.0 Å². The third kappa shape index (κ3) is 5.29. The predicted octanol–water partition coefficient (Wildman–Crippen LogP) is -6.97. The monoisotopic (exact) mass is 260 g/mol. The Bertz CT molecular complexity index is 431. The first-order valence-electron chi connectivity index (χ1n) is 3.63. The minimum Gasteiger partial charge on any atom is -0.747 e. The summed E-state index contributed by atoms with van der Waals surface area (Å²) in [6.45, 7) is 0. The fourth-order valence-electron chi connectivity index (χ4n) is 1.05. The first-order chi connectivity index (χ1) is 6.43. The van der Waals surface area contributed by atoms with E-state index >= 15 is 0 Å². The Morgan fingerprint density at radius 1 is 1.12 bits per heavy atom. The van der Waals surface area contributed by atoms with E-state index in [-0.39, 0.29) is 64.7 Å². The van der Waals surface area contributed by atoms with Crippen molar-refractivity contribution in [2.24, 2.45) is 0 Å². The van der Waals surface area contributed by atoms with E-state index in [4.69, 9.17) is 0 Å². The maximum atomic E-state index is 10.6. The molecule has 1 aromatic carbocycles. The van der Waals surface area contributed by atoms with Crippen LogP contribution in [0.5, 0.6) is 0 Å². The summed E-state index contributed by atoms with van der Waals surface area (Å²) in [4.78, 5) is 10.5. The Morgan fingerprint density at radius 2 is 1.56 bits per heavy atom. The molecule has 0 fully saturated rings. The number of carbonyl (C=O) groups is 1. The second kappa shape index (κ2) is 7.84. The summed E-state index contributed by atoms with van der Waals surface area (Å²) in [6.07, 6.45) is 0. The van der Waals surface area contributed by atoms with Crippen molar-refractivity contribution >= 4 is 16.1 Å². The molecule has 1 atom stereocenters. The van der Waals surface area contributed by atoms with Gasteiger partial charge in [0.05, 0.1) is 5.97 Å². The molecular formula is C8H6Na2O5S. The summed E-state index contributed by atoms with van der Waals surface area (Å²) in [5, 5.41) is 8.32. The third-order valence-electron chi connectivity index (χ3n) is 1.61. The Hall–Kier alpha value is 0.600. The molecule has 0 bridgehead atoms. The van der Waals surface area contributed by atoms with Crippen LogP contribution in [0, 0.1) is 0 Å². The minimum atomic E-state index is -4.93. The van der Waals surface area contributed by atoms with Gasteiger partial charge in [-0.05, 0) is 5.56 Å². The normalized spacial score (nSPS) is 11.8. The van der Waals surface area contributed by atoms with Gasteiger partial charge in [0.1, 0.15) is 15.4 Å². The van der Waals surface area contributed by atoms with E-state index in [0.29, 0.717) is 0 Å². The van der Waals surface area contributed by atoms with E-state index in [1.165, 1.54) is 24.3 Å². The second-order valence-corrected chi connectivity index (χ2v) is 4.06. The molecule has 0 radical (unpaired) electrons. The summed E-state index contributed by atoms with van der Waals surface area (Å²) in [5.41, 5.74) is -0.0949. The summed E-state index contributed by atoms with van der Waals surface area (Å²) >= 11 is 0. The zero-order valence-electron chi connectivity index (χ0n) is 8.91. The van der Waals surface area contributed by atoms with E-state index in [2.05, 4.69) is 0 Å². The Morgan fingerprint density at radius 3 is 1.88 bits per heavy atom. The van der Waals surface area contributed by atoms with Gasteiger partial charge in [-0.3, -0.25) is 0 Å². The molecule has 16 heavy (non-hydrogen) atoms. The van der Waals surface area contributed by atoms with Crippen LogP contribution >= 0.6 is 0 Å². The Labute approximate surface area is 138 Å². The number of hydrogen-bond acceptors (Lipinski definition) is 5. The van der Waals surface area contributed by atoms with Gasteiger partial charge in [-0.2, -0.15) is 0 Å². The molecule has 0 saturated heterocycles. The number of aliphatic carboxylic acids is 1. The van der Waals surface area contributed by atoms with Crippen molar-refractivity contribution in [3.63, 3.8) is 0 Å². The van der Waals surface area contributed by atoms with Crippen LogP contribution in [0.1, 0.15) is 10.8 Å². The van der Waals surface area contributed by atoms with Crippen molar-refractivity contribution in [2.75, 3.05) is 0 Å². The van der Waals surface area contributed by atoms with Crippen LogP contribution in [0.25, 0.3) is 0 Å². The molecule has 0 saturated carbocycles. The van der Waals surface area contributed by atoms with Gasteiger partial charge in [0.2, 0.25) is 0 Å². The van der Waals surface area contributed by atoms with Crippen LogP contribution in [0.2, 0.25) is 0 Å². The summed E-state index contributed by atoms with van der Waals surface area (Å²) in [6, 6.07) is 6.95. The van der Waals surface area contributed by atoms with E-state index in [9.17, 15) is 22.9 Å². The number of benzene rings is 1. The van der Waals surface area contributed by atoms with Gasteiger partial charge in [-0.15, -0.1) is 0 Å². The van der Waals surface area contributed by atoms with Crippen LogP contribution in [0.4, 0.5) is 0 Å². The third-order valence-corrected chi connectivity index (χ3v) is 2.65. The molecule has 0 aliphatic carbocycles. The molecule has 1 rings (SSSR count). The molecular weight excluding hydrogens is 254 g/mol. The van der Waals surface area contributed by atoms with Gasteiger partial charge in [-0.1, -0.05) is 30.3 Å². The molecule has 0 N–H and O–H groups in total. The minimum absolute atomic E-state index is 0. The maximum Gasteiger partial charge on any atom is 1.00 e. The Kier molecular flexibility index (Phi) is 9.28. The smallest absolute Gasteiger partial charge is 0.747 e. The first-order valence-corrected chi connectivity index (χ1v) is 5.10. The molecule has 8 heteroatoms. The van der Waals surface area contributed by atoms with Crippen molar-refractivity contribution in [1.29, 1.82) is 0 Å². The predicted molar refractivity (Wildman–Crippen MR) is 43.9 cm³/mol. The number of rotatable bonds is 3. The summed E-state index contributed by atoms with van der Waals surface area (Å²) in [5.74, 6) is -1.91. The van der Waals surface area contributed by atoms with Gasteiger partial charge in [0.15, 0.2) is 0 Å². The molecule has 76 valence electrons. The van der Waals surface area contributed by atoms with Gasteiger partial charge >= 0.3 is 59.1 Å². The van der Waals surface area contributed by atoms with Gasteiger partial charge in [0.25, 0.3) is 0 Å². The average Bonchev–Trinajstić information content (AvgIpc) is 2.02. The van der Waals surface area contributed by atoms with E-state index in [0.717, 1.165) is 0 Å². The van der Waals surface area contributed by atoms with Crippen LogP contribution in [-0.4, -0.2) is 18.9 Å². The fraction of sp³-hybridized carbons (Fsp3) is 0.125. The largest absolute Gasteiger partial charge is 1.00 e. The topological polar surface area (TPSA) is 97.3 Å². The average molecular weight is 260 g/mol. The molecule has 0 amide bonds. The fourth-order valence-corrected chi connectivity index (χ4v) is 1.77. The number of carboxylic acids is 1. The number of carboxylic acid groups (broad SMARTS) is 1. The molecule has 0 aromatic heterocycles. The van der Waals surface area contributed by atoms with Crippen molar-refractivity contribution in [3.05, 3.63) is 35.9 Å². The zero-order valence-corrected chi connectivity index (χ0v) is 13.7. The quantitative estimate of drug-likeness (QED) is 0.397.